The van der Waals surface area contributed by atoms with Gasteiger partial charge in [0.2, 0.25) is 5.91 Å². The molecular weight excluding hydrogens is 420 g/mol. The first-order valence-electron chi connectivity index (χ1n) is 11.2. The lowest BCUT2D eigenvalue weighted by atomic mass is 9.94. The van der Waals surface area contributed by atoms with Gasteiger partial charge < -0.3 is 10.2 Å². The maximum Gasteiger partial charge on any atom is 0.254 e. The summed E-state index contributed by atoms with van der Waals surface area (Å²) < 4.78 is 0. The van der Waals surface area contributed by atoms with Crippen molar-refractivity contribution in [2.24, 2.45) is 5.92 Å². The molecule has 32 heavy (non-hydrogen) atoms. The number of carbonyl (C=O) groups excluding carboxylic acids is 2. The Balaban J connectivity index is 1.15. The van der Waals surface area contributed by atoms with E-state index in [1.807, 2.05) is 47.4 Å². The molecule has 7 heteroatoms. The van der Waals surface area contributed by atoms with Gasteiger partial charge in [-0.25, -0.2) is 10.9 Å². The van der Waals surface area contributed by atoms with Gasteiger partial charge in [-0.15, -0.1) is 11.3 Å². The van der Waals surface area contributed by atoms with Crippen LogP contribution in [0.4, 0.5) is 0 Å². The van der Waals surface area contributed by atoms with Gasteiger partial charge in [0, 0.05) is 40.7 Å². The highest BCUT2D eigenvalue weighted by Gasteiger charge is 2.32. The van der Waals surface area contributed by atoms with Crippen molar-refractivity contribution in [3.05, 3.63) is 69.9 Å². The standard InChI is InChI=1S/C25H28N4O2S/c1-16-9-10-22(32-16)21-15-23(28-27-21)26-24(30)18-11-13-29(14-12-18)25(31)20-8-4-6-17-5-2-3-7-19(17)20/h2-10,18,21,23,27-28H,11-15H2,1H3,(H,26,30). The Bertz CT molecular complexity index is 1130. The fourth-order valence-corrected chi connectivity index (χ4v) is 5.64. The molecule has 2 aromatic carbocycles. The summed E-state index contributed by atoms with van der Waals surface area (Å²) in [6.07, 6.45) is 2.13. The third kappa shape index (κ3) is 4.28. The van der Waals surface area contributed by atoms with E-state index in [0.29, 0.717) is 25.9 Å². The Morgan fingerprint density at radius 1 is 1.00 bits per heavy atom. The minimum atomic E-state index is -0.0785. The normalized spacial score (nSPS) is 21.7. The van der Waals surface area contributed by atoms with Crippen LogP contribution in [0.5, 0.6) is 0 Å². The first-order valence-corrected chi connectivity index (χ1v) is 12.0. The van der Waals surface area contributed by atoms with Crippen LogP contribution in [0.1, 0.15) is 45.4 Å². The predicted octanol–water partition coefficient (Wildman–Crippen LogP) is 3.74. The fraction of sp³-hybridized carbons (Fsp3) is 0.360. The van der Waals surface area contributed by atoms with Gasteiger partial charge in [-0.1, -0.05) is 36.4 Å². The van der Waals surface area contributed by atoms with Crippen LogP contribution < -0.4 is 16.2 Å². The molecule has 2 saturated heterocycles. The zero-order valence-electron chi connectivity index (χ0n) is 18.1. The van der Waals surface area contributed by atoms with Crippen molar-refractivity contribution in [2.75, 3.05) is 13.1 Å². The SMILES string of the molecule is Cc1ccc(C2CC(NC(=O)C3CCN(C(=O)c4cccc5ccccc45)CC3)NN2)s1. The van der Waals surface area contributed by atoms with Gasteiger partial charge >= 0.3 is 0 Å². The van der Waals surface area contributed by atoms with Crippen LogP contribution >= 0.6 is 11.3 Å². The van der Waals surface area contributed by atoms with Gasteiger partial charge in [-0.3, -0.25) is 9.59 Å². The molecule has 5 rings (SSSR count). The van der Waals surface area contributed by atoms with E-state index in [0.717, 1.165) is 22.8 Å². The number of hydrogen-bond donors (Lipinski definition) is 3. The van der Waals surface area contributed by atoms with Crippen molar-refractivity contribution < 1.29 is 9.59 Å². The average molecular weight is 449 g/mol. The molecule has 3 aromatic rings. The Morgan fingerprint density at radius 3 is 2.56 bits per heavy atom. The Morgan fingerprint density at radius 2 is 1.78 bits per heavy atom. The summed E-state index contributed by atoms with van der Waals surface area (Å²) >= 11 is 1.78. The van der Waals surface area contributed by atoms with Crippen LogP contribution in [0, 0.1) is 12.8 Å². The second kappa shape index (κ2) is 9.02. The van der Waals surface area contributed by atoms with Gasteiger partial charge in [0.15, 0.2) is 0 Å². The molecule has 3 heterocycles. The predicted molar refractivity (Wildman–Crippen MR) is 127 cm³/mol. The molecule has 166 valence electrons. The van der Waals surface area contributed by atoms with Crippen LogP contribution in [0.25, 0.3) is 10.8 Å². The number of benzene rings is 2. The van der Waals surface area contributed by atoms with Crippen LogP contribution in [-0.4, -0.2) is 36.0 Å². The van der Waals surface area contributed by atoms with E-state index in [2.05, 4.69) is 35.2 Å². The number of hydrogen-bond acceptors (Lipinski definition) is 5. The number of piperidine rings is 1. The van der Waals surface area contributed by atoms with Gasteiger partial charge in [0.1, 0.15) is 0 Å². The van der Waals surface area contributed by atoms with Crippen LogP contribution in [-0.2, 0) is 4.79 Å². The number of likely N-dealkylation sites (tertiary alicyclic amines) is 1. The smallest absolute Gasteiger partial charge is 0.254 e. The number of aryl methyl sites for hydroxylation is 1. The molecule has 0 bridgehead atoms. The van der Waals surface area contributed by atoms with Crippen molar-refractivity contribution in [3.8, 4) is 0 Å². The van der Waals surface area contributed by atoms with Gasteiger partial charge in [-0.05, 0) is 48.7 Å². The quantitative estimate of drug-likeness (QED) is 0.569. The maximum atomic E-state index is 13.1. The number of nitrogens with one attached hydrogen (secondary N) is 3. The van der Waals surface area contributed by atoms with E-state index in [-0.39, 0.29) is 29.9 Å². The van der Waals surface area contributed by atoms with E-state index >= 15 is 0 Å². The van der Waals surface area contributed by atoms with Crippen molar-refractivity contribution in [2.45, 2.75) is 38.4 Å². The molecule has 0 aliphatic carbocycles. The molecule has 0 radical (unpaired) electrons. The second-order valence-corrected chi connectivity index (χ2v) is 10.00. The van der Waals surface area contributed by atoms with Crippen molar-refractivity contribution in [1.29, 1.82) is 0 Å². The lowest BCUT2D eigenvalue weighted by Crippen LogP contribution is -2.49. The van der Waals surface area contributed by atoms with Gasteiger partial charge in [-0.2, -0.15) is 0 Å². The molecule has 2 fully saturated rings. The Hall–Kier alpha value is -2.74. The van der Waals surface area contributed by atoms with Crippen molar-refractivity contribution in [1.82, 2.24) is 21.1 Å². The third-order valence-electron chi connectivity index (χ3n) is 6.50. The second-order valence-electron chi connectivity index (χ2n) is 8.68. The van der Waals surface area contributed by atoms with Crippen LogP contribution in [0.2, 0.25) is 0 Å². The zero-order valence-corrected chi connectivity index (χ0v) is 19.0. The molecular formula is C25H28N4O2S. The van der Waals surface area contributed by atoms with E-state index in [1.54, 1.807) is 11.3 Å². The molecule has 2 atom stereocenters. The summed E-state index contributed by atoms with van der Waals surface area (Å²) in [5.41, 5.74) is 7.24. The lowest BCUT2D eigenvalue weighted by molar-refractivity contribution is -0.127. The van der Waals surface area contributed by atoms with Crippen LogP contribution in [0.3, 0.4) is 0 Å². The highest BCUT2D eigenvalue weighted by atomic mass is 32.1. The van der Waals surface area contributed by atoms with Crippen molar-refractivity contribution >= 4 is 33.9 Å². The number of hydrazine groups is 1. The molecule has 0 spiro atoms. The molecule has 2 unspecified atom stereocenters. The van der Waals surface area contributed by atoms with Gasteiger partial charge in [0.05, 0.1) is 12.2 Å². The number of amides is 2. The van der Waals surface area contributed by atoms with E-state index < -0.39 is 0 Å². The van der Waals surface area contributed by atoms with Gasteiger partial charge in [0.25, 0.3) is 5.91 Å². The highest BCUT2D eigenvalue weighted by Crippen LogP contribution is 2.28. The zero-order chi connectivity index (χ0) is 22.1. The van der Waals surface area contributed by atoms with E-state index in [4.69, 9.17) is 0 Å². The number of nitrogens with zero attached hydrogens (tertiary/aromatic N) is 1. The summed E-state index contributed by atoms with van der Waals surface area (Å²) in [7, 11) is 0. The fourth-order valence-electron chi connectivity index (χ4n) is 4.69. The molecule has 2 aliphatic rings. The van der Waals surface area contributed by atoms with E-state index in [9.17, 15) is 9.59 Å². The van der Waals surface area contributed by atoms with Crippen LogP contribution in [0.15, 0.2) is 54.6 Å². The average Bonchev–Trinajstić information content (AvgIpc) is 3.47. The van der Waals surface area contributed by atoms with E-state index in [1.165, 1.54) is 9.75 Å². The first kappa shape index (κ1) is 21.1. The molecule has 6 nitrogen and oxygen atoms in total. The maximum absolute atomic E-state index is 13.1. The summed E-state index contributed by atoms with van der Waals surface area (Å²) in [5.74, 6) is 0.0670. The highest BCUT2D eigenvalue weighted by molar-refractivity contribution is 7.12. The Kier molecular flexibility index (Phi) is 5.95. The topological polar surface area (TPSA) is 73.5 Å². The first-order chi connectivity index (χ1) is 15.6. The summed E-state index contributed by atoms with van der Waals surface area (Å²) in [4.78, 5) is 30.5. The third-order valence-corrected chi connectivity index (χ3v) is 7.61. The lowest BCUT2D eigenvalue weighted by Gasteiger charge is -2.32. The number of fused-ring (bicyclic) bond motifs is 1. The molecule has 0 saturated carbocycles. The number of rotatable bonds is 4. The van der Waals surface area contributed by atoms with Crippen molar-refractivity contribution in [3.63, 3.8) is 0 Å². The Labute approximate surface area is 192 Å². The molecule has 3 N–H and O–H groups in total. The minimum absolute atomic E-state index is 0.0522. The number of thiophene rings is 1. The summed E-state index contributed by atoms with van der Waals surface area (Å²) in [6, 6.07) is 18.3. The molecule has 2 aliphatic heterocycles. The molecule has 1 aromatic heterocycles. The minimum Gasteiger partial charge on any atom is -0.339 e. The summed E-state index contributed by atoms with van der Waals surface area (Å²) in [6.45, 7) is 3.31. The summed E-state index contributed by atoms with van der Waals surface area (Å²) in [5, 5.41) is 5.20. The molecule has 2 amide bonds. The monoisotopic (exact) mass is 448 g/mol. The number of carbonyl (C=O) groups is 2. The largest absolute Gasteiger partial charge is 0.339 e.